The predicted octanol–water partition coefficient (Wildman–Crippen LogP) is 3.00. The van der Waals surface area contributed by atoms with Crippen molar-refractivity contribution in [2.75, 3.05) is 5.73 Å². The van der Waals surface area contributed by atoms with Gasteiger partial charge < -0.3 is 10.1 Å². The summed E-state index contributed by atoms with van der Waals surface area (Å²) >= 11 is 7.29. The van der Waals surface area contributed by atoms with Crippen LogP contribution in [0, 0.1) is 22.7 Å². The molecule has 0 aliphatic rings. The molecule has 112 valence electrons. The molecule has 8 heteroatoms. The molecule has 3 aromatic heterocycles. The largest absolute Gasteiger partial charge is 0.383 e. The Labute approximate surface area is 141 Å². The molecule has 3 rings (SSSR count). The van der Waals surface area contributed by atoms with Crippen LogP contribution in [0.5, 0.6) is 0 Å². The highest BCUT2D eigenvalue weighted by Crippen LogP contribution is 2.27. The van der Waals surface area contributed by atoms with E-state index in [1.165, 1.54) is 17.8 Å². The number of aromatic nitrogens is 3. The third kappa shape index (κ3) is 3.07. The van der Waals surface area contributed by atoms with Gasteiger partial charge in [0.15, 0.2) is 0 Å². The lowest BCUT2D eigenvalue weighted by molar-refractivity contribution is 1.11. The van der Waals surface area contributed by atoms with E-state index in [1.807, 2.05) is 28.8 Å². The normalized spacial score (nSPS) is 10.4. The number of nitrogen functional groups attached to an aromatic ring is 1. The Morgan fingerprint density at radius 3 is 2.70 bits per heavy atom. The zero-order chi connectivity index (χ0) is 16.4. The number of pyridine rings is 2. The summed E-state index contributed by atoms with van der Waals surface area (Å²) in [6, 6.07) is 9.01. The summed E-state index contributed by atoms with van der Waals surface area (Å²) in [4.78, 5) is 8.61. The number of nitrogens with two attached hydrogens (primary N) is 1. The first-order valence-electron chi connectivity index (χ1n) is 6.47. The lowest BCUT2D eigenvalue weighted by atomic mass is 10.2. The van der Waals surface area contributed by atoms with E-state index in [0.29, 0.717) is 21.4 Å². The van der Waals surface area contributed by atoms with Crippen LogP contribution >= 0.6 is 23.4 Å². The number of halogens is 1. The standard InChI is InChI=1S/C15H9ClN6S/c16-11-1-2-13-20-12(7-22(13)6-11)8-23-15-10(5-18)3-9(4-17)14(19)21-15/h1-3,6-7H,8H2,(H2,19,21). The Bertz CT molecular complexity index is 982. The number of rotatable bonds is 3. The molecule has 3 heterocycles. The van der Waals surface area contributed by atoms with Crippen LogP contribution < -0.4 is 5.73 Å². The van der Waals surface area contributed by atoms with Crippen molar-refractivity contribution >= 4 is 34.8 Å². The molecule has 0 aromatic carbocycles. The molecule has 0 aliphatic heterocycles. The third-order valence-corrected chi connectivity index (χ3v) is 4.33. The maximum Gasteiger partial charge on any atom is 0.142 e. The highest BCUT2D eigenvalue weighted by Gasteiger charge is 2.11. The topological polar surface area (TPSA) is 104 Å². The first-order valence-corrected chi connectivity index (χ1v) is 7.83. The zero-order valence-corrected chi connectivity index (χ0v) is 13.3. The molecule has 0 bridgehead atoms. The third-order valence-electron chi connectivity index (χ3n) is 3.08. The van der Waals surface area contributed by atoms with Crippen LogP contribution in [0.2, 0.25) is 5.02 Å². The first kappa shape index (κ1) is 15.2. The Balaban J connectivity index is 1.86. The Morgan fingerprint density at radius 2 is 1.96 bits per heavy atom. The van der Waals surface area contributed by atoms with Crippen LogP contribution in [-0.4, -0.2) is 14.4 Å². The van der Waals surface area contributed by atoms with Crippen molar-refractivity contribution < 1.29 is 0 Å². The maximum absolute atomic E-state index is 9.18. The molecule has 0 saturated heterocycles. The minimum Gasteiger partial charge on any atom is -0.383 e. The summed E-state index contributed by atoms with van der Waals surface area (Å²) in [6.07, 6.45) is 3.64. The van der Waals surface area contributed by atoms with Crippen molar-refractivity contribution in [1.82, 2.24) is 14.4 Å². The molecule has 0 unspecified atom stereocenters. The second kappa shape index (κ2) is 6.17. The number of nitrogens with zero attached hydrogens (tertiary/aromatic N) is 5. The monoisotopic (exact) mass is 340 g/mol. The van der Waals surface area contributed by atoms with Gasteiger partial charge in [0.2, 0.25) is 0 Å². The van der Waals surface area contributed by atoms with E-state index in [2.05, 4.69) is 9.97 Å². The molecule has 0 atom stereocenters. The highest BCUT2D eigenvalue weighted by atomic mass is 35.5. The Hall–Kier alpha value is -2.74. The Morgan fingerprint density at radius 1 is 1.17 bits per heavy atom. The minimum atomic E-state index is 0.121. The van der Waals surface area contributed by atoms with Gasteiger partial charge >= 0.3 is 0 Å². The van der Waals surface area contributed by atoms with Crippen LogP contribution in [-0.2, 0) is 5.75 Å². The number of hydrogen-bond acceptors (Lipinski definition) is 6. The smallest absolute Gasteiger partial charge is 0.142 e. The molecule has 3 aromatic rings. The molecular weight excluding hydrogens is 332 g/mol. The average molecular weight is 341 g/mol. The van der Waals surface area contributed by atoms with Gasteiger partial charge in [0.1, 0.15) is 28.6 Å². The summed E-state index contributed by atoms with van der Waals surface area (Å²) < 4.78 is 1.84. The summed E-state index contributed by atoms with van der Waals surface area (Å²) in [7, 11) is 0. The molecule has 0 aliphatic carbocycles. The summed E-state index contributed by atoms with van der Waals surface area (Å²) in [5, 5.41) is 19.2. The average Bonchev–Trinajstić information content (AvgIpc) is 2.94. The van der Waals surface area contributed by atoms with Crippen LogP contribution in [0.1, 0.15) is 16.8 Å². The lowest BCUT2D eigenvalue weighted by Gasteiger charge is -2.04. The van der Waals surface area contributed by atoms with E-state index in [4.69, 9.17) is 22.6 Å². The molecule has 0 saturated carbocycles. The SMILES string of the molecule is N#Cc1cc(C#N)c(SCc2cn3cc(Cl)ccc3n2)nc1N. The Kier molecular flexibility index (Phi) is 4.07. The van der Waals surface area contributed by atoms with Gasteiger partial charge in [0.25, 0.3) is 0 Å². The van der Waals surface area contributed by atoms with E-state index in [-0.39, 0.29) is 11.4 Å². The predicted molar refractivity (Wildman–Crippen MR) is 87.8 cm³/mol. The van der Waals surface area contributed by atoms with E-state index >= 15 is 0 Å². The van der Waals surface area contributed by atoms with Gasteiger partial charge in [-0.2, -0.15) is 10.5 Å². The molecule has 0 spiro atoms. The van der Waals surface area contributed by atoms with Crippen LogP contribution in [0.4, 0.5) is 5.82 Å². The van der Waals surface area contributed by atoms with Gasteiger partial charge in [-0.25, -0.2) is 9.97 Å². The van der Waals surface area contributed by atoms with E-state index < -0.39 is 0 Å². The minimum absolute atomic E-state index is 0.121. The van der Waals surface area contributed by atoms with Gasteiger partial charge in [-0.1, -0.05) is 23.4 Å². The molecular formula is C15H9ClN6S. The summed E-state index contributed by atoms with van der Waals surface area (Å²) in [6.45, 7) is 0. The molecule has 6 nitrogen and oxygen atoms in total. The highest BCUT2D eigenvalue weighted by molar-refractivity contribution is 7.98. The zero-order valence-electron chi connectivity index (χ0n) is 11.7. The fourth-order valence-corrected chi connectivity index (χ4v) is 3.03. The molecule has 0 radical (unpaired) electrons. The van der Waals surface area contributed by atoms with Gasteiger partial charge in [-0.3, -0.25) is 0 Å². The van der Waals surface area contributed by atoms with Gasteiger partial charge in [0, 0.05) is 18.1 Å². The van der Waals surface area contributed by atoms with E-state index in [9.17, 15) is 5.26 Å². The van der Waals surface area contributed by atoms with Crippen LogP contribution in [0.3, 0.4) is 0 Å². The number of fused-ring (bicyclic) bond motifs is 1. The number of imidazole rings is 1. The number of hydrogen-bond donors (Lipinski definition) is 1. The van der Waals surface area contributed by atoms with Gasteiger partial charge in [0.05, 0.1) is 21.8 Å². The van der Waals surface area contributed by atoms with Crippen LogP contribution in [0.15, 0.2) is 35.6 Å². The van der Waals surface area contributed by atoms with Crippen molar-refractivity contribution in [2.24, 2.45) is 0 Å². The summed E-state index contributed by atoms with van der Waals surface area (Å²) in [5.74, 6) is 0.641. The molecule has 23 heavy (non-hydrogen) atoms. The van der Waals surface area contributed by atoms with E-state index in [0.717, 1.165) is 11.3 Å². The molecule has 2 N–H and O–H groups in total. The van der Waals surface area contributed by atoms with Crippen molar-refractivity contribution in [2.45, 2.75) is 10.8 Å². The second-order valence-corrected chi connectivity index (χ2v) is 6.03. The quantitative estimate of drug-likeness (QED) is 0.735. The van der Waals surface area contributed by atoms with Crippen molar-refractivity contribution in [1.29, 1.82) is 10.5 Å². The number of thioether (sulfide) groups is 1. The molecule has 0 fully saturated rings. The maximum atomic E-state index is 9.18. The summed E-state index contributed by atoms with van der Waals surface area (Å²) in [5.41, 5.74) is 7.85. The number of nitriles is 2. The van der Waals surface area contributed by atoms with Crippen LogP contribution in [0.25, 0.3) is 5.65 Å². The first-order chi connectivity index (χ1) is 11.1. The lowest BCUT2D eigenvalue weighted by Crippen LogP contribution is -1.99. The van der Waals surface area contributed by atoms with Gasteiger partial charge in [-0.15, -0.1) is 0 Å². The van der Waals surface area contributed by atoms with Crippen molar-refractivity contribution in [3.05, 3.63) is 52.4 Å². The van der Waals surface area contributed by atoms with Crippen molar-refractivity contribution in [3.63, 3.8) is 0 Å². The van der Waals surface area contributed by atoms with Crippen molar-refractivity contribution in [3.8, 4) is 12.1 Å². The fourth-order valence-electron chi connectivity index (χ4n) is 2.02. The number of anilines is 1. The second-order valence-electron chi connectivity index (χ2n) is 4.63. The van der Waals surface area contributed by atoms with E-state index in [1.54, 1.807) is 12.3 Å². The molecule has 0 amide bonds. The van der Waals surface area contributed by atoms with Gasteiger partial charge in [-0.05, 0) is 18.2 Å². The fraction of sp³-hybridized carbons (Fsp3) is 0.0667.